The molecule has 1 heterocycles. The Morgan fingerprint density at radius 3 is 2.08 bits per heavy atom. The molecule has 0 bridgehead atoms. The van der Waals surface area contributed by atoms with Gasteiger partial charge in [-0.3, -0.25) is 0 Å². The van der Waals surface area contributed by atoms with E-state index in [2.05, 4.69) is 6.07 Å². The highest BCUT2D eigenvalue weighted by atomic mass is 19.1. The Morgan fingerprint density at radius 1 is 0.750 bits per heavy atom. The first-order chi connectivity index (χ1) is 11.7. The molecular formula is C21H16F2O. The van der Waals surface area contributed by atoms with Crippen molar-refractivity contribution in [3.05, 3.63) is 89.5 Å². The van der Waals surface area contributed by atoms with Crippen LogP contribution in [-0.2, 0) is 6.42 Å². The predicted octanol–water partition coefficient (Wildman–Crippen LogP) is 5.70. The molecule has 3 aromatic carbocycles. The van der Waals surface area contributed by atoms with Crippen molar-refractivity contribution >= 4 is 0 Å². The normalized spacial score (nSPS) is 16.3. The van der Waals surface area contributed by atoms with Crippen LogP contribution in [0.15, 0.2) is 66.7 Å². The molecule has 3 aromatic rings. The molecule has 1 aliphatic rings. The summed E-state index contributed by atoms with van der Waals surface area (Å²) in [4.78, 5) is 0. The Bertz CT molecular complexity index is 854. The van der Waals surface area contributed by atoms with Crippen molar-refractivity contribution in [3.8, 4) is 16.9 Å². The highest BCUT2D eigenvalue weighted by Crippen LogP contribution is 2.37. The van der Waals surface area contributed by atoms with Crippen LogP contribution >= 0.6 is 0 Å². The van der Waals surface area contributed by atoms with Crippen molar-refractivity contribution in [2.24, 2.45) is 0 Å². The minimum absolute atomic E-state index is 0.0680. The van der Waals surface area contributed by atoms with E-state index in [9.17, 15) is 8.78 Å². The summed E-state index contributed by atoms with van der Waals surface area (Å²) in [6.45, 7) is 0. The fraction of sp³-hybridized carbons (Fsp3) is 0.143. The van der Waals surface area contributed by atoms with Gasteiger partial charge >= 0.3 is 0 Å². The summed E-state index contributed by atoms with van der Waals surface area (Å²) in [5.74, 6) is 0.357. The van der Waals surface area contributed by atoms with E-state index in [1.807, 2.05) is 12.1 Å². The summed E-state index contributed by atoms with van der Waals surface area (Å²) >= 11 is 0. The molecular weight excluding hydrogens is 306 g/mol. The standard InChI is InChI=1S/C21H16F2O/c22-18-8-3-14(4-9-18)17-2-1-16-7-12-20(24-21(16)13-17)15-5-10-19(23)11-6-15/h1-6,8-11,13,20H,7,12H2. The first-order valence-electron chi connectivity index (χ1n) is 8.00. The van der Waals surface area contributed by atoms with E-state index in [1.54, 1.807) is 24.3 Å². The van der Waals surface area contributed by atoms with Crippen LogP contribution in [0.25, 0.3) is 11.1 Å². The first-order valence-corrected chi connectivity index (χ1v) is 8.00. The summed E-state index contributed by atoms with van der Waals surface area (Å²) < 4.78 is 32.3. The third kappa shape index (κ3) is 2.90. The smallest absolute Gasteiger partial charge is 0.124 e. The van der Waals surface area contributed by atoms with Crippen molar-refractivity contribution in [1.29, 1.82) is 0 Å². The lowest BCUT2D eigenvalue weighted by Crippen LogP contribution is -2.15. The van der Waals surface area contributed by atoms with Crippen molar-refractivity contribution in [3.63, 3.8) is 0 Å². The molecule has 1 unspecified atom stereocenters. The summed E-state index contributed by atoms with van der Waals surface area (Å²) in [6.07, 6.45) is 1.72. The number of rotatable bonds is 2. The molecule has 1 atom stereocenters. The summed E-state index contributed by atoms with van der Waals surface area (Å²) in [6, 6.07) is 19.0. The van der Waals surface area contributed by atoms with Crippen LogP contribution in [0.1, 0.15) is 23.7 Å². The Balaban J connectivity index is 1.63. The highest BCUT2D eigenvalue weighted by Gasteiger charge is 2.21. The minimum Gasteiger partial charge on any atom is -0.485 e. The van der Waals surface area contributed by atoms with Gasteiger partial charge in [-0.05, 0) is 65.4 Å². The molecule has 0 amide bonds. The summed E-state index contributed by atoms with van der Waals surface area (Å²) in [5.41, 5.74) is 4.09. The maximum absolute atomic E-state index is 13.1. The van der Waals surface area contributed by atoms with Crippen molar-refractivity contribution < 1.29 is 13.5 Å². The average molecular weight is 322 g/mol. The van der Waals surface area contributed by atoms with Crippen molar-refractivity contribution in [2.45, 2.75) is 18.9 Å². The zero-order valence-corrected chi connectivity index (χ0v) is 13.0. The van der Waals surface area contributed by atoms with Crippen LogP contribution in [0.2, 0.25) is 0 Å². The second-order valence-electron chi connectivity index (χ2n) is 6.03. The maximum atomic E-state index is 13.1. The van der Waals surface area contributed by atoms with Gasteiger partial charge in [0.25, 0.3) is 0 Å². The molecule has 1 nitrogen and oxygen atoms in total. The molecule has 0 fully saturated rings. The molecule has 0 radical (unpaired) electrons. The monoisotopic (exact) mass is 322 g/mol. The molecule has 3 heteroatoms. The van der Waals surface area contributed by atoms with Gasteiger partial charge in [-0.25, -0.2) is 8.78 Å². The second-order valence-corrected chi connectivity index (χ2v) is 6.03. The number of benzene rings is 3. The molecule has 24 heavy (non-hydrogen) atoms. The van der Waals surface area contributed by atoms with Crippen molar-refractivity contribution in [2.75, 3.05) is 0 Å². The third-order valence-electron chi connectivity index (χ3n) is 4.43. The van der Waals surface area contributed by atoms with Crippen molar-refractivity contribution in [1.82, 2.24) is 0 Å². The second kappa shape index (κ2) is 6.08. The minimum atomic E-state index is -0.246. The molecule has 4 rings (SSSR count). The molecule has 1 aliphatic heterocycles. The number of hydrogen-bond acceptors (Lipinski definition) is 1. The van der Waals surface area contributed by atoms with Crippen LogP contribution in [0.4, 0.5) is 8.78 Å². The third-order valence-corrected chi connectivity index (χ3v) is 4.43. The van der Waals surface area contributed by atoms with Crippen LogP contribution in [0.5, 0.6) is 5.75 Å². The zero-order chi connectivity index (χ0) is 16.5. The average Bonchev–Trinajstić information content (AvgIpc) is 2.62. The molecule has 0 aliphatic carbocycles. The lowest BCUT2D eigenvalue weighted by Gasteiger charge is -2.27. The van der Waals surface area contributed by atoms with Crippen LogP contribution in [0.3, 0.4) is 0 Å². The Labute approximate surface area is 139 Å². The molecule has 0 N–H and O–H groups in total. The predicted molar refractivity (Wildman–Crippen MR) is 89.9 cm³/mol. The number of ether oxygens (including phenoxy) is 1. The summed E-state index contributed by atoms with van der Waals surface area (Å²) in [5, 5.41) is 0. The van der Waals surface area contributed by atoms with Gasteiger partial charge in [-0.2, -0.15) is 0 Å². The van der Waals surface area contributed by atoms with Gasteiger partial charge in [0, 0.05) is 0 Å². The van der Waals surface area contributed by atoms with E-state index < -0.39 is 0 Å². The quantitative estimate of drug-likeness (QED) is 0.588. The van der Waals surface area contributed by atoms with E-state index in [0.29, 0.717) is 0 Å². The van der Waals surface area contributed by atoms with Gasteiger partial charge < -0.3 is 4.74 Å². The first kappa shape index (κ1) is 14.9. The maximum Gasteiger partial charge on any atom is 0.124 e. The SMILES string of the molecule is Fc1ccc(-c2ccc3c(c2)OC(c2ccc(F)cc2)CC3)cc1. The lowest BCUT2D eigenvalue weighted by atomic mass is 9.95. The Hall–Kier alpha value is -2.68. The molecule has 0 aromatic heterocycles. The highest BCUT2D eigenvalue weighted by molar-refractivity contribution is 5.66. The largest absolute Gasteiger partial charge is 0.485 e. The number of halogens is 2. The number of hydrogen-bond donors (Lipinski definition) is 0. The Morgan fingerprint density at radius 2 is 1.38 bits per heavy atom. The summed E-state index contributed by atoms with van der Waals surface area (Å²) in [7, 11) is 0. The van der Waals surface area contributed by atoms with Gasteiger partial charge in [0.2, 0.25) is 0 Å². The number of aryl methyl sites for hydroxylation is 1. The molecule has 0 saturated carbocycles. The van der Waals surface area contributed by atoms with Crippen LogP contribution < -0.4 is 4.74 Å². The van der Waals surface area contributed by atoms with Crippen LogP contribution in [-0.4, -0.2) is 0 Å². The molecule has 0 spiro atoms. The zero-order valence-electron chi connectivity index (χ0n) is 13.0. The van der Waals surface area contributed by atoms with Gasteiger partial charge in [0.15, 0.2) is 0 Å². The van der Waals surface area contributed by atoms with Gasteiger partial charge in [0.05, 0.1) is 0 Å². The van der Waals surface area contributed by atoms with E-state index in [-0.39, 0.29) is 17.7 Å². The van der Waals surface area contributed by atoms with E-state index in [1.165, 1.54) is 29.8 Å². The van der Waals surface area contributed by atoms with Gasteiger partial charge in [-0.15, -0.1) is 0 Å². The number of fused-ring (bicyclic) bond motifs is 1. The van der Waals surface area contributed by atoms with Crippen LogP contribution in [0, 0.1) is 11.6 Å². The van der Waals surface area contributed by atoms with E-state index in [0.717, 1.165) is 35.3 Å². The molecule has 0 saturated heterocycles. The van der Waals surface area contributed by atoms with E-state index in [4.69, 9.17) is 4.74 Å². The van der Waals surface area contributed by atoms with E-state index >= 15 is 0 Å². The topological polar surface area (TPSA) is 9.23 Å². The lowest BCUT2D eigenvalue weighted by molar-refractivity contribution is 0.176. The van der Waals surface area contributed by atoms with Gasteiger partial charge in [-0.1, -0.05) is 36.4 Å². The molecule has 120 valence electrons. The Kier molecular flexibility index (Phi) is 3.77. The fourth-order valence-corrected chi connectivity index (χ4v) is 3.10. The van der Waals surface area contributed by atoms with Gasteiger partial charge in [0.1, 0.15) is 23.5 Å². The fourth-order valence-electron chi connectivity index (χ4n) is 3.10.